The number of hydrogen-bond donors (Lipinski definition) is 2. The number of aromatic nitrogens is 1. The van der Waals surface area contributed by atoms with Crippen LogP contribution in [0, 0.1) is 0 Å². The molecule has 5 nitrogen and oxygen atoms in total. The molecule has 2 fully saturated rings. The van der Waals surface area contributed by atoms with Gasteiger partial charge in [0.1, 0.15) is 11.4 Å². The van der Waals surface area contributed by atoms with Gasteiger partial charge in [0.2, 0.25) is 5.78 Å². The van der Waals surface area contributed by atoms with Crippen LogP contribution in [0.4, 0.5) is 0 Å². The average molecular weight is 303 g/mol. The zero-order chi connectivity index (χ0) is 14.4. The highest BCUT2D eigenvalue weighted by atomic mass is 32.1. The lowest BCUT2D eigenvalue weighted by molar-refractivity contribution is 0.0928. The number of benzene rings is 1. The summed E-state index contributed by atoms with van der Waals surface area (Å²) in [5.41, 5.74) is 0.588. The molecule has 2 aromatic rings. The second-order valence-corrected chi connectivity index (χ2v) is 6.38. The van der Waals surface area contributed by atoms with Crippen molar-refractivity contribution >= 4 is 27.4 Å². The van der Waals surface area contributed by atoms with Crippen LogP contribution in [0.5, 0.6) is 5.75 Å². The van der Waals surface area contributed by atoms with Crippen LogP contribution in [-0.4, -0.2) is 41.4 Å². The van der Waals surface area contributed by atoms with Crippen molar-refractivity contribution in [2.75, 3.05) is 13.2 Å². The van der Waals surface area contributed by atoms with Crippen molar-refractivity contribution in [1.82, 2.24) is 15.0 Å². The summed E-state index contributed by atoms with van der Waals surface area (Å²) in [5.74, 6) is 0.928. The molecule has 4 rings (SSSR count). The molecule has 21 heavy (non-hydrogen) atoms. The van der Waals surface area contributed by atoms with Gasteiger partial charge in [0.15, 0.2) is 0 Å². The highest BCUT2D eigenvalue weighted by Gasteiger charge is 2.43. The van der Waals surface area contributed by atoms with Gasteiger partial charge >= 0.3 is 0 Å². The number of Topliss-reactive ketones (excluding diaryl/α,β-unsaturated/α-hetero) is 1. The second kappa shape index (κ2) is 5.05. The number of nitrogens with zero attached hydrogens (tertiary/aromatic N) is 1. The fourth-order valence-corrected chi connectivity index (χ4v) is 4.09. The monoisotopic (exact) mass is 303 g/mol. The normalized spacial score (nSPS) is 27.4. The first-order chi connectivity index (χ1) is 10.3. The maximum absolute atomic E-state index is 12.7. The first-order valence-electron chi connectivity index (χ1n) is 7.32. The van der Waals surface area contributed by atoms with E-state index in [0.717, 1.165) is 28.8 Å². The third-order valence-electron chi connectivity index (χ3n) is 4.25. The first kappa shape index (κ1) is 13.2. The van der Waals surface area contributed by atoms with E-state index in [1.807, 2.05) is 25.1 Å². The third kappa shape index (κ3) is 2.14. The Bertz CT molecular complexity index is 699. The summed E-state index contributed by atoms with van der Waals surface area (Å²) in [6, 6.07) is 6.35. The minimum absolute atomic E-state index is 0.102. The Hall–Kier alpha value is -1.50. The van der Waals surface area contributed by atoms with Crippen LogP contribution in [0.3, 0.4) is 0 Å². The van der Waals surface area contributed by atoms with Crippen LogP contribution in [0.2, 0.25) is 0 Å². The van der Waals surface area contributed by atoms with Gasteiger partial charge in [-0.25, -0.2) is 0 Å². The molecule has 2 aliphatic rings. The van der Waals surface area contributed by atoms with Crippen LogP contribution in [-0.2, 0) is 0 Å². The molecule has 0 radical (unpaired) electrons. The van der Waals surface area contributed by atoms with E-state index in [4.69, 9.17) is 4.74 Å². The van der Waals surface area contributed by atoms with Gasteiger partial charge in [-0.15, -0.1) is 0 Å². The Labute approximate surface area is 126 Å². The van der Waals surface area contributed by atoms with Gasteiger partial charge in [0.25, 0.3) is 0 Å². The van der Waals surface area contributed by atoms with Gasteiger partial charge in [-0.1, -0.05) is 0 Å². The Morgan fingerprint density at radius 3 is 3.14 bits per heavy atom. The zero-order valence-corrected chi connectivity index (χ0v) is 12.6. The Morgan fingerprint density at radius 2 is 2.43 bits per heavy atom. The fraction of sp³-hybridized carbons (Fsp3) is 0.467. The van der Waals surface area contributed by atoms with Crippen LogP contribution < -0.4 is 15.4 Å². The number of ether oxygens (including phenoxy) is 1. The second-order valence-electron chi connectivity index (χ2n) is 5.58. The van der Waals surface area contributed by atoms with Gasteiger partial charge in [-0.05, 0) is 43.1 Å². The number of rotatable bonds is 4. The van der Waals surface area contributed by atoms with E-state index in [9.17, 15) is 4.79 Å². The molecular weight excluding hydrogens is 286 g/mol. The van der Waals surface area contributed by atoms with Crippen molar-refractivity contribution in [3.63, 3.8) is 0 Å². The van der Waals surface area contributed by atoms with Crippen LogP contribution in [0.15, 0.2) is 18.2 Å². The number of ketones is 1. The molecule has 1 aromatic heterocycles. The molecule has 0 spiro atoms. The van der Waals surface area contributed by atoms with Gasteiger partial charge in [-0.3, -0.25) is 4.79 Å². The van der Waals surface area contributed by atoms with E-state index in [1.165, 1.54) is 11.5 Å². The maximum atomic E-state index is 12.7. The molecule has 1 aromatic carbocycles. The molecule has 2 N–H and O–H groups in total. The van der Waals surface area contributed by atoms with Gasteiger partial charge in [-0.2, -0.15) is 4.37 Å². The predicted octanol–water partition coefficient (Wildman–Crippen LogP) is 1.58. The van der Waals surface area contributed by atoms with E-state index >= 15 is 0 Å². The molecule has 6 heteroatoms. The highest BCUT2D eigenvalue weighted by molar-refractivity contribution is 7.13. The van der Waals surface area contributed by atoms with Crippen molar-refractivity contribution in [2.24, 2.45) is 0 Å². The molecule has 3 heterocycles. The predicted molar refractivity (Wildman–Crippen MR) is 82.2 cm³/mol. The number of piperazine rings is 1. The Balaban J connectivity index is 1.65. The standard InChI is InChI=1S/C15H17N3O2S/c1-2-20-9-3-4-10-12(6-9)21-18-13(10)15(19)14-11-5-8(17-14)7-16-11/h3-4,6,8,11,14,16-17H,2,5,7H2,1H3/t8-,11+,14?/m1/s1. The smallest absolute Gasteiger partial charge is 0.201 e. The van der Waals surface area contributed by atoms with Crippen molar-refractivity contribution in [3.8, 4) is 5.75 Å². The van der Waals surface area contributed by atoms with Gasteiger partial charge < -0.3 is 15.4 Å². The molecule has 2 saturated heterocycles. The largest absolute Gasteiger partial charge is 0.494 e. The van der Waals surface area contributed by atoms with E-state index in [2.05, 4.69) is 15.0 Å². The summed E-state index contributed by atoms with van der Waals surface area (Å²) in [7, 11) is 0. The van der Waals surface area contributed by atoms with E-state index in [1.54, 1.807) is 0 Å². The van der Waals surface area contributed by atoms with Crippen molar-refractivity contribution in [2.45, 2.75) is 31.5 Å². The van der Waals surface area contributed by atoms with Crippen LogP contribution in [0.1, 0.15) is 23.8 Å². The number of fused-ring (bicyclic) bond motifs is 3. The zero-order valence-electron chi connectivity index (χ0n) is 11.8. The number of carbonyl (C=O) groups excluding carboxylic acids is 1. The average Bonchev–Trinajstić information content (AvgIpc) is 3.21. The summed E-state index contributed by atoms with van der Waals surface area (Å²) in [5, 5.41) is 7.73. The highest BCUT2D eigenvalue weighted by Crippen LogP contribution is 2.30. The molecule has 2 bridgehead atoms. The van der Waals surface area contributed by atoms with Gasteiger partial charge in [0.05, 0.1) is 17.3 Å². The van der Waals surface area contributed by atoms with Crippen LogP contribution >= 0.6 is 11.5 Å². The topological polar surface area (TPSA) is 63.2 Å². The quantitative estimate of drug-likeness (QED) is 0.840. The molecule has 0 aliphatic carbocycles. The van der Waals surface area contributed by atoms with E-state index < -0.39 is 0 Å². The first-order valence-corrected chi connectivity index (χ1v) is 8.09. The Morgan fingerprint density at radius 1 is 1.52 bits per heavy atom. The number of carbonyl (C=O) groups is 1. The van der Waals surface area contributed by atoms with E-state index in [-0.39, 0.29) is 17.9 Å². The minimum atomic E-state index is -0.138. The number of nitrogens with one attached hydrogen (secondary N) is 2. The molecule has 3 atom stereocenters. The SMILES string of the molecule is CCOc1ccc2c(C(=O)C3N[C@H]4CN[C@H]3C4)nsc2c1. The molecule has 110 valence electrons. The molecule has 1 unspecified atom stereocenters. The molecule has 2 aliphatic heterocycles. The van der Waals surface area contributed by atoms with Crippen LogP contribution in [0.25, 0.3) is 10.1 Å². The summed E-state index contributed by atoms with van der Waals surface area (Å²) in [6.07, 6.45) is 1.03. The van der Waals surface area contributed by atoms with E-state index in [0.29, 0.717) is 18.3 Å². The minimum Gasteiger partial charge on any atom is -0.494 e. The molecule has 0 saturated carbocycles. The van der Waals surface area contributed by atoms with Crippen molar-refractivity contribution < 1.29 is 9.53 Å². The third-order valence-corrected chi connectivity index (χ3v) is 5.06. The lowest BCUT2D eigenvalue weighted by Gasteiger charge is -2.22. The summed E-state index contributed by atoms with van der Waals surface area (Å²) in [6.45, 7) is 3.56. The maximum Gasteiger partial charge on any atom is 0.201 e. The number of hydrogen-bond acceptors (Lipinski definition) is 6. The summed E-state index contributed by atoms with van der Waals surface area (Å²) >= 11 is 1.36. The summed E-state index contributed by atoms with van der Waals surface area (Å²) in [4.78, 5) is 12.7. The molecule has 0 amide bonds. The Kier molecular flexibility index (Phi) is 3.17. The van der Waals surface area contributed by atoms with Gasteiger partial charge in [0, 0.05) is 24.0 Å². The van der Waals surface area contributed by atoms with Crippen molar-refractivity contribution in [3.05, 3.63) is 23.9 Å². The molecular formula is C15H17N3O2S. The lowest BCUT2D eigenvalue weighted by Crippen LogP contribution is -2.52. The fourth-order valence-electron chi connectivity index (χ4n) is 3.28. The van der Waals surface area contributed by atoms with Crippen molar-refractivity contribution in [1.29, 1.82) is 0 Å². The summed E-state index contributed by atoms with van der Waals surface area (Å²) < 4.78 is 10.9. The lowest BCUT2D eigenvalue weighted by atomic mass is 10.0.